The summed E-state index contributed by atoms with van der Waals surface area (Å²) in [4.78, 5) is 11.0. The lowest BCUT2D eigenvalue weighted by Gasteiger charge is -1.99. The highest BCUT2D eigenvalue weighted by Crippen LogP contribution is 2.18. The molecule has 0 saturated heterocycles. The molecule has 1 heterocycles. The average molecular weight is 295 g/mol. The normalized spacial score (nSPS) is 11.8. The van der Waals surface area contributed by atoms with Gasteiger partial charge in [-0.25, -0.2) is 4.79 Å². The third-order valence-corrected chi connectivity index (χ3v) is 4.88. The van der Waals surface area contributed by atoms with E-state index in [1.165, 1.54) is 18.2 Å². The molecule has 0 aliphatic rings. The molecule has 0 aliphatic heterocycles. The van der Waals surface area contributed by atoms with Gasteiger partial charge in [-0.05, 0) is 17.5 Å². The number of sulfonamides is 1. The van der Waals surface area contributed by atoms with Crippen LogP contribution in [0.3, 0.4) is 0 Å². The molecule has 2 aromatic rings. The number of benzene rings is 1. The smallest absolute Gasteiger partial charge is 0.336 e. The monoisotopic (exact) mass is 295 g/mol. The first-order valence-corrected chi connectivity index (χ1v) is 7.49. The van der Waals surface area contributed by atoms with Crippen molar-refractivity contribution in [2.24, 2.45) is 4.40 Å². The van der Waals surface area contributed by atoms with Gasteiger partial charge in [-0.15, -0.1) is 11.3 Å². The molecule has 0 bridgehead atoms. The maximum absolute atomic E-state index is 11.8. The molecular formula is C12H9NO4S2. The van der Waals surface area contributed by atoms with Crippen molar-refractivity contribution in [2.45, 2.75) is 4.21 Å². The van der Waals surface area contributed by atoms with Gasteiger partial charge in [0.2, 0.25) is 0 Å². The predicted octanol–water partition coefficient (Wildman–Crippen LogP) is 2.25. The first kappa shape index (κ1) is 13.4. The van der Waals surface area contributed by atoms with Crippen molar-refractivity contribution in [3.05, 3.63) is 52.9 Å². The van der Waals surface area contributed by atoms with Crippen molar-refractivity contribution in [1.82, 2.24) is 0 Å². The van der Waals surface area contributed by atoms with Crippen molar-refractivity contribution in [2.75, 3.05) is 0 Å². The molecular weight excluding hydrogens is 286 g/mol. The lowest BCUT2D eigenvalue weighted by Crippen LogP contribution is -2.02. The zero-order valence-corrected chi connectivity index (χ0v) is 11.2. The lowest BCUT2D eigenvalue weighted by atomic mass is 10.1. The molecule has 0 aliphatic carbocycles. The molecule has 5 nitrogen and oxygen atoms in total. The number of thiophene rings is 1. The van der Waals surface area contributed by atoms with Crippen LogP contribution in [0, 0.1) is 0 Å². The largest absolute Gasteiger partial charge is 0.478 e. The number of nitrogens with zero attached hydrogens (tertiary/aromatic N) is 1. The van der Waals surface area contributed by atoms with Crippen molar-refractivity contribution < 1.29 is 18.3 Å². The van der Waals surface area contributed by atoms with Crippen molar-refractivity contribution in [3.8, 4) is 0 Å². The van der Waals surface area contributed by atoms with Crippen LogP contribution in [0.25, 0.3) is 0 Å². The molecule has 19 heavy (non-hydrogen) atoms. The van der Waals surface area contributed by atoms with E-state index < -0.39 is 16.0 Å². The first-order valence-electron chi connectivity index (χ1n) is 5.17. The number of aromatic carboxylic acids is 1. The van der Waals surface area contributed by atoms with E-state index >= 15 is 0 Å². The van der Waals surface area contributed by atoms with Gasteiger partial charge in [-0.3, -0.25) is 0 Å². The Morgan fingerprint density at radius 1 is 1.21 bits per heavy atom. The zero-order valence-electron chi connectivity index (χ0n) is 9.55. The third-order valence-electron chi connectivity index (χ3n) is 2.27. The second-order valence-electron chi connectivity index (χ2n) is 3.53. The summed E-state index contributed by atoms with van der Waals surface area (Å²) in [6.45, 7) is 0. The summed E-state index contributed by atoms with van der Waals surface area (Å²) in [6.07, 6.45) is 1.05. The Morgan fingerprint density at radius 3 is 2.58 bits per heavy atom. The minimum Gasteiger partial charge on any atom is -0.478 e. The van der Waals surface area contributed by atoms with Gasteiger partial charge in [-0.2, -0.15) is 12.8 Å². The molecule has 0 spiro atoms. The highest BCUT2D eigenvalue weighted by Gasteiger charge is 2.13. The predicted molar refractivity (Wildman–Crippen MR) is 72.5 cm³/mol. The Bertz CT molecular complexity index is 718. The van der Waals surface area contributed by atoms with E-state index in [9.17, 15) is 13.2 Å². The van der Waals surface area contributed by atoms with Crippen LogP contribution in [0.2, 0.25) is 0 Å². The number of carboxylic acid groups (broad SMARTS) is 1. The molecule has 0 amide bonds. The lowest BCUT2D eigenvalue weighted by molar-refractivity contribution is 0.0696. The quantitative estimate of drug-likeness (QED) is 0.877. The van der Waals surface area contributed by atoms with Gasteiger partial charge in [0, 0.05) is 11.8 Å². The molecule has 0 radical (unpaired) electrons. The van der Waals surface area contributed by atoms with Crippen LogP contribution in [0.5, 0.6) is 0 Å². The summed E-state index contributed by atoms with van der Waals surface area (Å²) in [5.74, 6) is -1.13. The van der Waals surface area contributed by atoms with Crippen LogP contribution in [0.15, 0.2) is 50.4 Å². The Labute approximate surface area is 113 Å². The third kappa shape index (κ3) is 3.07. The molecule has 0 fully saturated rings. The molecule has 98 valence electrons. The van der Waals surface area contributed by atoms with E-state index in [1.807, 2.05) is 0 Å². The summed E-state index contributed by atoms with van der Waals surface area (Å²) in [7, 11) is -3.76. The summed E-state index contributed by atoms with van der Waals surface area (Å²) >= 11 is 1.06. The van der Waals surface area contributed by atoms with Crippen LogP contribution >= 0.6 is 11.3 Å². The Morgan fingerprint density at radius 2 is 1.95 bits per heavy atom. The fraction of sp³-hybridized carbons (Fsp3) is 0. The maximum Gasteiger partial charge on any atom is 0.336 e. The topological polar surface area (TPSA) is 83.8 Å². The summed E-state index contributed by atoms with van der Waals surface area (Å²) < 4.78 is 27.3. The van der Waals surface area contributed by atoms with Crippen LogP contribution in [-0.4, -0.2) is 25.7 Å². The van der Waals surface area contributed by atoms with Gasteiger partial charge in [0.05, 0.1) is 5.56 Å². The van der Waals surface area contributed by atoms with Crippen LogP contribution in [0.4, 0.5) is 0 Å². The molecule has 2 rings (SSSR count). The van der Waals surface area contributed by atoms with E-state index in [0.717, 1.165) is 17.6 Å². The highest BCUT2D eigenvalue weighted by molar-refractivity contribution is 7.92. The van der Waals surface area contributed by atoms with Gasteiger partial charge in [-0.1, -0.05) is 24.3 Å². The molecule has 0 unspecified atom stereocenters. The minimum atomic E-state index is -3.76. The van der Waals surface area contributed by atoms with Crippen LogP contribution in [-0.2, 0) is 10.0 Å². The second-order valence-corrected chi connectivity index (χ2v) is 6.34. The number of hydrogen-bond donors (Lipinski definition) is 1. The van der Waals surface area contributed by atoms with E-state index in [1.54, 1.807) is 23.6 Å². The summed E-state index contributed by atoms with van der Waals surface area (Å²) in [6, 6.07) is 9.12. The Hall–Kier alpha value is -1.99. The highest BCUT2D eigenvalue weighted by atomic mass is 32.2. The SMILES string of the molecule is O=C(O)c1ccccc1/C=N\S(=O)(=O)c1cccs1. The van der Waals surface area contributed by atoms with E-state index in [2.05, 4.69) is 4.40 Å². The van der Waals surface area contributed by atoms with Gasteiger partial charge >= 0.3 is 5.97 Å². The zero-order chi connectivity index (χ0) is 13.9. The molecule has 7 heteroatoms. The maximum atomic E-state index is 11.8. The van der Waals surface area contributed by atoms with Gasteiger partial charge < -0.3 is 5.11 Å². The Kier molecular flexibility index (Phi) is 3.77. The van der Waals surface area contributed by atoms with E-state index in [-0.39, 0.29) is 15.3 Å². The minimum absolute atomic E-state index is 0.00706. The van der Waals surface area contributed by atoms with Crippen molar-refractivity contribution in [3.63, 3.8) is 0 Å². The second kappa shape index (κ2) is 5.33. The van der Waals surface area contributed by atoms with Crippen molar-refractivity contribution >= 4 is 33.5 Å². The standard InChI is InChI=1S/C12H9NO4S2/c14-12(15)10-5-2-1-4-9(10)8-13-19(16,17)11-6-3-7-18-11/h1-8H,(H,14,15)/b13-8-. The molecule has 0 atom stereocenters. The molecule has 1 aromatic heterocycles. The fourth-order valence-electron chi connectivity index (χ4n) is 1.39. The molecule has 1 N–H and O–H groups in total. The fourth-order valence-corrected chi connectivity index (χ4v) is 3.23. The first-order chi connectivity index (χ1) is 9.00. The molecule has 0 saturated carbocycles. The van der Waals surface area contributed by atoms with E-state index in [4.69, 9.17) is 5.11 Å². The van der Waals surface area contributed by atoms with Crippen molar-refractivity contribution in [1.29, 1.82) is 0 Å². The molecule has 1 aromatic carbocycles. The average Bonchev–Trinajstić information content (AvgIpc) is 2.91. The number of rotatable bonds is 4. The van der Waals surface area contributed by atoms with Gasteiger partial charge in [0.25, 0.3) is 10.0 Å². The van der Waals surface area contributed by atoms with E-state index in [0.29, 0.717) is 0 Å². The summed E-state index contributed by atoms with van der Waals surface area (Å²) in [5, 5.41) is 10.6. The number of hydrogen-bond acceptors (Lipinski definition) is 4. The number of carbonyl (C=O) groups is 1. The van der Waals surface area contributed by atoms with Gasteiger partial charge in [0.15, 0.2) is 0 Å². The number of carboxylic acids is 1. The van der Waals surface area contributed by atoms with Crippen LogP contribution < -0.4 is 0 Å². The van der Waals surface area contributed by atoms with Gasteiger partial charge in [0.1, 0.15) is 4.21 Å². The summed E-state index contributed by atoms with van der Waals surface area (Å²) in [5.41, 5.74) is 0.253. The Balaban J connectivity index is 2.37. The van der Waals surface area contributed by atoms with Crippen LogP contribution in [0.1, 0.15) is 15.9 Å².